The van der Waals surface area contributed by atoms with Crippen molar-refractivity contribution >= 4 is 11.6 Å². The van der Waals surface area contributed by atoms with Gasteiger partial charge in [-0.3, -0.25) is 0 Å². The summed E-state index contributed by atoms with van der Waals surface area (Å²) in [5.41, 5.74) is 0.378. The van der Waals surface area contributed by atoms with Crippen molar-refractivity contribution < 1.29 is 4.39 Å². The van der Waals surface area contributed by atoms with Gasteiger partial charge in [-0.1, -0.05) is 24.6 Å². The first-order valence-corrected chi connectivity index (χ1v) is 5.24. The Labute approximate surface area is 94.5 Å². The quantitative estimate of drug-likeness (QED) is 0.764. The molecule has 0 saturated carbocycles. The summed E-state index contributed by atoms with van der Waals surface area (Å²) in [6.07, 6.45) is 1.29. The van der Waals surface area contributed by atoms with Gasteiger partial charge in [0.2, 0.25) is 0 Å². The van der Waals surface area contributed by atoms with Crippen LogP contribution in [0.3, 0.4) is 0 Å². The first-order valence-electron chi connectivity index (χ1n) is 4.86. The van der Waals surface area contributed by atoms with Crippen LogP contribution in [0.4, 0.5) is 4.39 Å². The summed E-state index contributed by atoms with van der Waals surface area (Å²) in [6.45, 7) is 3.83. The summed E-state index contributed by atoms with van der Waals surface area (Å²) in [6, 6.07) is 6.94. The van der Waals surface area contributed by atoms with Crippen molar-refractivity contribution in [2.75, 3.05) is 0 Å². The lowest BCUT2D eigenvalue weighted by atomic mass is 9.83. The molecule has 0 fully saturated rings. The highest BCUT2D eigenvalue weighted by molar-refractivity contribution is 6.30. The van der Waals surface area contributed by atoms with E-state index in [0.717, 1.165) is 12.0 Å². The number of nitriles is 1. The minimum atomic E-state index is -0.430. The third kappa shape index (κ3) is 2.94. The van der Waals surface area contributed by atoms with Crippen LogP contribution in [0.1, 0.15) is 25.8 Å². The van der Waals surface area contributed by atoms with Crippen LogP contribution in [0.15, 0.2) is 18.2 Å². The first kappa shape index (κ1) is 12.0. The van der Waals surface area contributed by atoms with Crippen molar-refractivity contribution in [3.05, 3.63) is 34.6 Å². The summed E-state index contributed by atoms with van der Waals surface area (Å²) < 4.78 is 13.1. The van der Waals surface area contributed by atoms with Crippen molar-refractivity contribution in [2.45, 2.75) is 26.7 Å². The third-order valence-electron chi connectivity index (χ3n) is 2.63. The molecule has 1 aromatic carbocycles. The number of nitrogens with zero attached hydrogens (tertiary/aromatic N) is 1. The minimum absolute atomic E-state index is 0.119. The zero-order valence-electron chi connectivity index (χ0n) is 8.85. The second kappa shape index (κ2) is 4.63. The fourth-order valence-electron chi connectivity index (χ4n) is 1.34. The summed E-state index contributed by atoms with van der Waals surface area (Å²) in [5, 5.41) is 9.12. The topological polar surface area (TPSA) is 23.8 Å². The average Bonchev–Trinajstić information content (AvgIpc) is 2.23. The van der Waals surface area contributed by atoms with Crippen molar-refractivity contribution in [1.82, 2.24) is 0 Å². The van der Waals surface area contributed by atoms with Crippen molar-refractivity contribution in [3.8, 4) is 6.07 Å². The highest BCUT2D eigenvalue weighted by Gasteiger charge is 2.22. The van der Waals surface area contributed by atoms with Gasteiger partial charge in [0.1, 0.15) is 5.82 Å². The van der Waals surface area contributed by atoms with Gasteiger partial charge in [0.05, 0.1) is 16.5 Å². The predicted octanol–water partition coefficient (Wildman–Crippen LogP) is 3.96. The van der Waals surface area contributed by atoms with Crippen molar-refractivity contribution in [3.63, 3.8) is 0 Å². The molecule has 15 heavy (non-hydrogen) atoms. The molecule has 1 aromatic rings. The van der Waals surface area contributed by atoms with E-state index in [1.807, 2.05) is 13.8 Å². The average molecular weight is 226 g/mol. The highest BCUT2D eigenvalue weighted by Crippen LogP contribution is 2.26. The van der Waals surface area contributed by atoms with Gasteiger partial charge in [-0.2, -0.15) is 5.26 Å². The molecular formula is C12H13ClFN. The lowest BCUT2D eigenvalue weighted by Crippen LogP contribution is -2.15. The molecule has 1 unspecified atom stereocenters. The Bertz CT molecular complexity index is 397. The van der Waals surface area contributed by atoms with Crippen LogP contribution in [0.25, 0.3) is 0 Å². The molecular weight excluding hydrogens is 213 g/mol. The maximum atomic E-state index is 13.1. The molecule has 0 heterocycles. The molecule has 0 aliphatic heterocycles. The lowest BCUT2D eigenvalue weighted by Gasteiger charge is -2.19. The van der Waals surface area contributed by atoms with Crippen LogP contribution >= 0.6 is 11.6 Å². The maximum Gasteiger partial charge on any atom is 0.142 e. The molecule has 0 N–H and O–H groups in total. The van der Waals surface area contributed by atoms with E-state index in [1.54, 1.807) is 6.07 Å². The molecule has 80 valence electrons. The zero-order chi connectivity index (χ0) is 11.5. The van der Waals surface area contributed by atoms with Gasteiger partial charge in [0.15, 0.2) is 0 Å². The third-order valence-corrected chi connectivity index (χ3v) is 2.94. The molecule has 1 nitrogen and oxygen atoms in total. The van der Waals surface area contributed by atoms with Gasteiger partial charge in [-0.15, -0.1) is 0 Å². The van der Waals surface area contributed by atoms with Gasteiger partial charge in [0.25, 0.3) is 0 Å². The molecule has 0 radical (unpaired) electrons. The second-order valence-electron chi connectivity index (χ2n) is 3.95. The molecule has 0 saturated heterocycles. The minimum Gasteiger partial charge on any atom is -0.205 e. The Morgan fingerprint density at radius 1 is 1.53 bits per heavy atom. The molecule has 0 amide bonds. The molecule has 0 aliphatic rings. The molecule has 1 rings (SSSR count). The Kier molecular flexibility index (Phi) is 3.71. The van der Waals surface area contributed by atoms with Crippen molar-refractivity contribution in [2.24, 2.45) is 5.41 Å². The summed E-state index contributed by atoms with van der Waals surface area (Å²) in [7, 11) is 0. The fourth-order valence-corrected chi connectivity index (χ4v) is 1.46. The van der Waals surface area contributed by atoms with Gasteiger partial charge < -0.3 is 0 Å². The predicted molar refractivity (Wildman–Crippen MR) is 59.1 cm³/mol. The van der Waals surface area contributed by atoms with E-state index in [1.165, 1.54) is 12.1 Å². The normalized spacial score (nSPS) is 14.3. The molecule has 1 atom stereocenters. The van der Waals surface area contributed by atoms with E-state index >= 15 is 0 Å². The zero-order valence-corrected chi connectivity index (χ0v) is 9.61. The molecule has 0 aromatic heterocycles. The Morgan fingerprint density at radius 2 is 2.20 bits per heavy atom. The van der Waals surface area contributed by atoms with E-state index in [9.17, 15) is 4.39 Å². The smallest absolute Gasteiger partial charge is 0.142 e. The molecule has 0 spiro atoms. The van der Waals surface area contributed by atoms with E-state index in [0.29, 0.717) is 6.42 Å². The number of benzene rings is 1. The molecule has 3 heteroatoms. The number of hydrogen-bond donors (Lipinski definition) is 0. The second-order valence-corrected chi connectivity index (χ2v) is 4.36. The van der Waals surface area contributed by atoms with Gasteiger partial charge >= 0.3 is 0 Å². The van der Waals surface area contributed by atoms with Crippen LogP contribution in [-0.2, 0) is 6.42 Å². The number of rotatable bonds is 3. The van der Waals surface area contributed by atoms with E-state index in [4.69, 9.17) is 16.9 Å². The van der Waals surface area contributed by atoms with E-state index in [-0.39, 0.29) is 5.02 Å². The van der Waals surface area contributed by atoms with E-state index < -0.39 is 11.2 Å². The maximum absolute atomic E-state index is 13.1. The van der Waals surface area contributed by atoms with Gasteiger partial charge in [-0.25, -0.2) is 4.39 Å². The first-order chi connectivity index (χ1) is 7.00. The summed E-state index contributed by atoms with van der Waals surface area (Å²) >= 11 is 5.58. The lowest BCUT2D eigenvalue weighted by molar-refractivity contribution is 0.422. The van der Waals surface area contributed by atoms with Crippen LogP contribution in [0.2, 0.25) is 5.02 Å². The molecule has 0 bridgehead atoms. The highest BCUT2D eigenvalue weighted by atomic mass is 35.5. The fraction of sp³-hybridized carbons (Fsp3) is 0.417. The van der Waals surface area contributed by atoms with Gasteiger partial charge in [-0.05, 0) is 37.5 Å². The van der Waals surface area contributed by atoms with Crippen LogP contribution < -0.4 is 0 Å². The van der Waals surface area contributed by atoms with Gasteiger partial charge in [0, 0.05) is 0 Å². The van der Waals surface area contributed by atoms with E-state index in [2.05, 4.69) is 6.07 Å². The monoisotopic (exact) mass is 225 g/mol. The van der Waals surface area contributed by atoms with Crippen molar-refractivity contribution in [1.29, 1.82) is 5.26 Å². The Morgan fingerprint density at radius 3 is 2.67 bits per heavy atom. The standard InChI is InChI=1S/C12H13ClFN/c1-3-12(2,8-15)7-9-4-5-10(13)11(14)6-9/h4-6H,3,7H2,1-2H3. The number of halogens is 2. The number of hydrogen-bond acceptors (Lipinski definition) is 1. The van der Waals surface area contributed by atoms with Crippen LogP contribution in [0, 0.1) is 22.6 Å². The SMILES string of the molecule is CCC(C)(C#N)Cc1ccc(Cl)c(F)c1. The summed E-state index contributed by atoms with van der Waals surface area (Å²) in [4.78, 5) is 0. The van der Waals surface area contributed by atoms with Crippen LogP contribution in [0.5, 0.6) is 0 Å². The Balaban J connectivity index is 2.91. The summed E-state index contributed by atoms with van der Waals surface area (Å²) in [5.74, 6) is -0.425. The Hall–Kier alpha value is -1.07. The van der Waals surface area contributed by atoms with Crippen LogP contribution in [-0.4, -0.2) is 0 Å². The molecule has 0 aliphatic carbocycles. The largest absolute Gasteiger partial charge is 0.205 e.